The number of fused-ring (bicyclic) bond motifs is 1. The van der Waals surface area contributed by atoms with Crippen LogP contribution in [0.3, 0.4) is 0 Å². The Kier molecular flexibility index (Phi) is 3.48. The highest BCUT2D eigenvalue weighted by Gasteiger charge is 2.03. The molecule has 0 saturated heterocycles. The van der Waals surface area contributed by atoms with E-state index in [9.17, 15) is 0 Å². The summed E-state index contributed by atoms with van der Waals surface area (Å²) in [6, 6.07) is 0. The summed E-state index contributed by atoms with van der Waals surface area (Å²) in [5.41, 5.74) is 6.90. The van der Waals surface area contributed by atoms with Crippen molar-refractivity contribution in [2.75, 3.05) is 5.73 Å². The maximum atomic E-state index is 8.81. The van der Waals surface area contributed by atoms with Gasteiger partial charge in [0.2, 0.25) is 0 Å². The van der Waals surface area contributed by atoms with Crippen molar-refractivity contribution in [2.24, 2.45) is 0 Å². The molecule has 0 radical (unpaired) electrons. The summed E-state index contributed by atoms with van der Waals surface area (Å²) in [4.78, 5) is 20.6. The van der Waals surface area contributed by atoms with Crippen molar-refractivity contribution in [3.63, 3.8) is 0 Å². The van der Waals surface area contributed by atoms with Gasteiger partial charge in [0.15, 0.2) is 11.5 Å². The predicted molar refractivity (Wildman–Crippen MR) is 56.6 cm³/mol. The van der Waals surface area contributed by atoms with Gasteiger partial charge in [-0.2, -0.15) is 0 Å². The zero-order valence-corrected chi connectivity index (χ0v) is 8.74. The Morgan fingerprint density at radius 2 is 2.14 bits per heavy atom. The molecule has 7 heteroatoms. The molecule has 0 spiro atoms. The number of anilines is 1. The van der Waals surface area contributed by atoms with E-state index in [1.165, 1.54) is 13.3 Å². The van der Waals surface area contributed by atoms with Crippen LogP contribution in [0.25, 0.3) is 11.2 Å². The monoisotopic (exact) mass is 211 g/mol. The summed E-state index contributed by atoms with van der Waals surface area (Å²) in [5.74, 6) is 0.413. The van der Waals surface area contributed by atoms with Gasteiger partial charge in [-0.05, 0) is 16.3 Å². The van der Waals surface area contributed by atoms with Crippen molar-refractivity contribution in [1.29, 1.82) is 0 Å². The minimum atomic E-state index is 0.413. The first kappa shape index (κ1) is 10.5. The number of imidazole rings is 1. The molecule has 0 aliphatic heterocycles. The average molecular weight is 211 g/mol. The van der Waals surface area contributed by atoms with Crippen molar-refractivity contribution in [2.45, 2.75) is 6.92 Å². The highest BCUT2D eigenvalue weighted by molar-refractivity contribution is 7.14. The normalized spacial score (nSPS) is 9.29. The highest BCUT2D eigenvalue weighted by Crippen LogP contribution is 2.15. The van der Waals surface area contributed by atoms with Gasteiger partial charge in [0, 0.05) is 0 Å². The summed E-state index contributed by atoms with van der Waals surface area (Å²) < 4.78 is 1.72. The Morgan fingerprint density at radius 1 is 1.50 bits per heavy atom. The largest absolute Gasteiger partial charge is 0.382 e. The Bertz CT molecular complexity index is 441. The second-order valence-corrected chi connectivity index (χ2v) is 2.88. The number of aromatic nitrogens is 4. The number of hydrogen-bond donors (Lipinski definition) is 1. The van der Waals surface area contributed by atoms with Crippen LogP contribution >= 0.6 is 9.39 Å². The molecule has 1 unspecified atom stereocenters. The van der Waals surface area contributed by atoms with E-state index in [0.29, 0.717) is 11.3 Å². The molecule has 0 fully saturated rings. The lowest BCUT2D eigenvalue weighted by Gasteiger charge is -1.92. The van der Waals surface area contributed by atoms with Gasteiger partial charge in [0.05, 0.1) is 0 Å². The van der Waals surface area contributed by atoms with Crippen LogP contribution in [-0.2, 0) is 4.79 Å². The SMILES string of the molecule is CC=O.Nc1ncnc2c1ncn2P. The molecule has 0 aromatic carbocycles. The van der Waals surface area contributed by atoms with Gasteiger partial charge in [0.25, 0.3) is 0 Å². The number of carbonyl (C=O) groups excluding carboxylic acids is 1. The average Bonchev–Trinajstić information content (AvgIpc) is 2.51. The molecule has 6 nitrogen and oxygen atoms in total. The van der Waals surface area contributed by atoms with Gasteiger partial charge >= 0.3 is 0 Å². The Labute approximate surface area is 82.8 Å². The van der Waals surface area contributed by atoms with E-state index in [-0.39, 0.29) is 0 Å². The van der Waals surface area contributed by atoms with E-state index in [4.69, 9.17) is 10.5 Å². The lowest BCUT2D eigenvalue weighted by Crippen LogP contribution is -1.92. The van der Waals surface area contributed by atoms with Crippen molar-refractivity contribution in [3.05, 3.63) is 12.7 Å². The first-order valence-electron chi connectivity index (χ1n) is 3.79. The van der Waals surface area contributed by atoms with Crippen molar-refractivity contribution >= 4 is 32.7 Å². The van der Waals surface area contributed by atoms with E-state index in [2.05, 4.69) is 24.3 Å². The van der Waals surface area contributed by atoms with Gasteiger partial charge in [-0.15, -0.1) is 0 Å². The topological polar surface area (TPSA) is 86.7 Å². The molecule has 2 aromatic heterocycles. The molecule has 0 amide bonds. The maximum absolute atomic E-state index is 8.81. The smallest absolute Gasteiger partial charge is 0.168 e. The van der Waals surface area contributed by atoms with Gasteiger partial charge < -0.3 is 10.5 Å². The van der Waals surface area contributed by atoms with Crippen molar-refractivity contribution < 1.29 is 4.79 Å². The molecular weight excluding hydrogens is 201 g/mol. The lowest BCUT2D eigenvalue weighted by atomic mass is 10.5. The molecule has 2 N–H and O–H groups in total. The zero-order valence-electron chi connectivity index (χ0n) is 7.58. The minimum absolute atomic E-state index is 0.413. The number of hydrogen-bond acceptors (Lipinski definition) is 5. The van der Waals surface area contributed by atoms with Crippen LogP contribution in [0.1, 0.15) is 6.92 Å². The van der Waals surface area contributed by atoms with Gasteiger partial charge in [0.1, 0.15) is 24.5 Å². The summed E-state index contributed by atoms with van der Waals surface area (Å²) in [6.07, 6.45) is 3.79. The lowest BCUT2D eigenvalue weighted by molar-refractivity contribution is -0.106. The molecule has 14 heavy (non-hydrogen) atoms. The molecule has 2 heterocycles. The van der Waals surface area contributed by atoms with Gasteiger partial charge in [-0.3, -0.25) is 4.34 Å². The van der Waals surface area contributed by atoms with Crippen LogP contribution in [0, 0.1) is 0 Å². The molecule has 0 bridgehead atoms. The third-order valence-corrected chi connectivity index (χ3v) is 1.76. The summed E-state index contributed by atoms with van der Waals surface area (Å²) >= 11 is 0. The fourth-order valence-corrected chi connectivity index (χ4v) is 1.13. The van der Waals surface area contributed by atoms with Crippen LogP contribution in [-0.4, -0.2) is 25.6 Å². The second-order valence-electron chi connectivity index (χ2n) is 2.32. The van der Waals surface area contributed by atoms with Gasteiger partial charge in [-0.25, -0.2) is 15.0 Å². The maximum Gasteiger partial charge on any atom is 0.168 e. The Balaban J connectivity index is 0.000000293. The number of carbonyl (C=O) groups is 1. The molecule has 0 saturated carbocycles. The molecule has 2 aromatic rings. The van der Waals surface area contributed by atoms with Crippen LogP contribution in [0.2, 0.25) is 0 Å². The van der Waals surface area contributed by atoms with Gasteiger partial charge in [-0.1, -0.05) is 0 Å². The fraction of sp³-hybridized carbons (Fsp3) is 0.143. The van der Waals surface area contributed by atoms with Crippen LogP contribution in [0.15, 0.2) is 12.7 Å². The zero-order chi connectivity index (χ0) is 10.6. The number of nitrogens with zero attached hydrogens (tertiary/aromatic N) is 4. The first-order chi connectivity index (χ1) is 6.70. The van der Waals surface area contributed by atoms with E-state index in [1.807, 2.05) is 0 Å². The Hall–Kier alpha value is -1.55. The molecule has 2 rings (SSSR count). The third-order valence-electron chi connectivity index (χ3n) is 1.39. The first-order valence-corrected chi connectivity index (χ1v) is 4.30. The molecule has 0 aliphatic rings. The third kappa shape index (κ3) is 2.03. The molecule has 1 atom stereocenters. The standard InChI is InChI=1S/C5H6N5P.C2H4O/c6-4-3-5(8-1-7-4)10(11)2-9-3;1-2-3/h1-2H,11H2,(H2,6,7,8);2H,1H3. The summed E-state index contributed by atoms with van der Waals surface area (Å²) in [6.45, 7) is 1.44. The molecular formula is C7H10N5OP. The minimum Gasteiger partial charge on any atom is -0.382 e. The number of nitrogens with two attached hydrogens (primary N) is 1. The van der Waals surface area contributed by atoms with Crippen molar-refractivity contribution in [3.8, 4) is 0 Å². The fourth-order valence-electron chi connectivity index (χ4n) is 0.870. The van der Waals surface area contributed by atoms with E-state index in [0.717, 1.165) is 11.9 Å². The molecule has 0 aliphatic carbocycles. The van der Waals surface area contributed by atoms with Crippen LogP contribution < -0.4 is 5.73 Å². The predicted octanol–water partition coefficient (Wildman–Crippen LogP) is 0.252. The number of rotatable bonds is 0. The van der Waals surface area contributed by atoms with E-state index < -0.39 is 0 Å². The summed E-state index contributed by atoms with van der Waals surface area (Å²) in [5, 5.41) is 0. The van der Waals surface area contributed by atoms with Crippen LogP contribution in [0.5, 0.6) is 0 Å². The number of nitrogen functional groups attached to an aromatic ring is 1. The van der Waals surface area contributed by atoms with Crippen LogP contribution in [0.4, 0.5) is 5.82 Å². The molecule has 74 valence electrons. The van der Waals surface area contributed by atoms with E-state index in [1.54, 1.807) is 10.7 Å². The second kappa shape index (κ2) is 4.62. The Morgan fingerprint density at radius 3 is 2.71 bits per heavy atom. The quantitative estimate of drug-likeness (QED) is 0.498. The van der Waals surface area contributed by atoms with E-state index >= 15 is 0 Å². The highest BCUT2D eigenvalue weighted by atomic mass is 31.0. The summed E-state index contributed by atoms with van der Waals surface area (Å²) in [7, 11) is 2.46. The number of aldehydes is 1. The van der Waals surface area contributed by atoms with Crippen molar-refractivity contribution in [1.82, 2.24) is 19.3 Å².